The zero-order chi connectivity index (χ0) is 16.3. The van der Waals surface area contributed by atoms with E-state index in [0.717, 1.165) is 16.9 Å². The number of aryl methyl sites for hydroxylation is 2. The average molecular weight is 314 g/mol. The number of alkyl halides is 3. The number of halogens is 3. The molecule has 0 aliphatic carbocycles. The second kappa shape index (κ2) is 6.37. The zero-order valence-electron chi connectivity index (χ0n) is 12.6. The molecule has 1 aromatic carbocycles. The third-order valence-electron chi connectivity index (χ3n) is 3.37. The van der Waals surface area contributed by atoms with Gasteiger partial charge in [-0.15, -0.1) is 0 Å². The highest BCUT2D eigenvalue weighted by Crippen LogP contribution is 2.29. The van der Waals surface area contributed by atoms with Crippen LogP contribution in [0.25, 0.3) is 0 Å². The van der Waals surface area contributed by atoms with Crippen molar-refractivity contribution in [3.63, 3.8) is 0 Å². The van der Waals surface area contributed by atoms with Gasteiger partial charge in [-0.1, -0.05) is 30.3 Å². The minimum absolute atomic E-state index is 0.0546. The van der Waals surface area contributed by atoms with Crippen LogP contribution in [0.5, 0.6) is 5.75 Å². The monoisotopic (exact) mass is 314 g/mol. The first-order valence-corrected chi connectivity index (χ1v) is 6.92. The molecule has 0 aliphatic heterocycles. The van der Waals surface area contributed by atoms with Gasteiger partial charge in [0.25, 0.3) is 5.82 Å². The van der Waals surface area contributed by atoms with Crippen LogP contribution in [0.3, 0.4) is 0 Å². The molecule has 0 fully saturated rings. The minimum Gasteiger partial charge on any atom is -0.492 e. The summed E-state index contributed by atoms with van der Waals surface area (Å²) in [6.45, 7) is 5.84. The van der Waals surface area contributed by atoms with E-state index in [9.17, 15) is 13.2 Å². The summed E-state index contributed by atoms with van der Waals surface area (Å²) in [5.74, 6) is -0.965. The molecule has 0 aliphatic rings. The molecule has 2 aromatic rings. The van der Waals surface area contributed by atoms with E-state index in [4.69, 9.17) is 9.26 Å². The van der Waals surface area contributed by atoms with Crippen LogP contribution in [0.4, 0.5) is 13.2 Å². The topological polar surface area (TPSA) is 48.2 Å². The van der Waals surface area contributed by atoms with Crippen molar-refractivity contribution in [2.24, 2.45) is 0 Å². The maximum Gasteiger partial charge on any atom is 0.455 e. The van der Waals surface area contributed by atoms with Gasteiger partial charge in [-0.2, -0.15) is 18.2 Å². The van der Waals surface area contributed by atoms with Gasteiger partial charge < -0.3 is 9.26 Å². The van der Waals surface area contributed by atoms with Crippen molar-refractivity contribution in [3.05, 3.63) is 41.0 Å². The summed E-state index contributed by atoms with van der Waals surface area (Å²) in [5.41, 5.74) is 1.94. The van der Waals surface area contributed by atoms with Gasteiger partial charge in [0.1, 0.15) is 5.75 Å². The lowest BCUT2D eigenvalue weighted by molar-refractivity contribution is -0.146. The lowest BCUT2D eigenvalue weighted by Gasteiger charge is -2.15. The molecule has 1 unspecified atom stereocenters. The molecule has 0 amide bonds. The van der Waals surface area contributed by atoms with Crippen molar-refractivity contribution in [3.8, 4) is 5.75 Å². The number of rotatable bonds is 5. The zero-order valence-corrected chi connectivity index (χ0v) is 12.6. The van der Waals surface area contributed by atoms with E-state index in [1.165, 1.54) is 0 Å². The van der Waals surface area contributed by atoms with Crippen LogP contribution in [-0.2, 0) is 6.18 Å². The molecule has 0 spiro atoms. The Kier molecular flexibility index (Phi) is 4.73. The van der Waals surface area contributed by atoms with Crippen molar-refractivity contribution < 1.29 is 22.4 Å². The molecule has 120 valence electrons. The highest BCUT2D eigenvalue weighted by molar-refractivity contribution is 5.39. The first-order valence-electron chi connectivity index (χ1n) is 6.92. The Balaban J connectivity index is 2.11. The van der Waals surface area contributed by atoms with Gasteiger partial charge in [0.15, 0.2) is 0 Å². The van der Waals surface area contributed by atoms with E-state index < -0.39 is 12.0 Å². The molecule has 7 heteroatoms. The first kappa shape index (κ1) is 16.3. The van der Waals surface area contributed by atoms with Crippen LogP contribution < -0.4 is 4.74 Å². The lowest BCUT2D eigenvalue weighted by Crippen LogP contribution is -2.12. The Morgan fingerprint density at radius 1 is 1.23 bits per heavy atom. The van der Waals surface area contributed by atoms with Crippen LogP contribution in [0, 0.1) is 13.8 Å². The summed E-state index contributed by atoms with van der Waals surface area (Å²) in [6.07, 6.45) is -4.07. The van der Waals surface area contributed by atoms with Crippen molar-refractivity contribution >= 4 is 0 Å². The number of hydrogen-bond donors (Lipinski definition) is 0. The fraction of sp³-hybridized carbons (Fsp3) is 0.467. The molecule has 1 aromatic heterocycles. The van der Waals surface area contributed by atoms with Crippen molar-refractivity contribution in [1.29, 1.82) is 0 Å². The van der Waals surface area contributed by atoms with E-state index in [2.05, 4.69) is 10.1 Å². The molecule has 1 heterocycles. The molecule has 22 heavy (non-hydrogen) atoms. The van der Waals surface area contributed by atoms with E-state index in [1.807, 2.05) is 39.0 Å². The molecule has 1 atom stereocenters. The molecule has 0 saturated carbocycles. The normalized spacial score (nSPS) is 13.2. The maximum absolute atomic E-state index is 12.5. The highest BCUT2D eigenvalue weighted by Gasteiger charge is 2.38. The summed E-state index contributed by atoms with van der Waals surface area (Å²) in [4.78, 5) is 3.43. The molecule has 2 rings (SSSR count). The van der Waals surface area contributed by atoms with Gasteiger partial charge in [0.05, 0.1) is 12.5 Å². The smallest absolute Gasteiger partial charge is 0.455 e. The molecule has 0 saturated heterocycles. The van der Waals surface area contributed by atoms with Crippen molar-refractivity contribution in [2.45, 2.75) is 39.3 Å². The van der Waals surface area contributed by atoms with E-state index in [1.54, 1.807) is 0 Å². The maximum atomic E-state index is 12.5. The standard InChI is InChI=1S/C15H17F3N2O2/c1-4-11(13-19-14(20-22-13)15(16,17)18)8-21-12-9(2)6-5-7-10(12)3/h5-7,11H,4,8H2,1-3H3. The Bertz CT molecular complexity index is 618. The summed E-state index contributed by atoms with van der Waals surface area (Å²) >= 11 is 0. The van der Waals surface area contributed by atoms with Crippen LogP contribution in [0.2, 0.25) is 0 Å². The van der Waals surface area contributed by atoms with Gasteiger partial charge in [0, 0.05) is 0 Å². The predicted molar refractivity (Wildman–Crippen MR) is 73.7 cm³/mol. The fourth-order valence-electron chi connectivity index (χ4n) is 2.09. The summed E-state index contributed by atoms with van der Waals surface area (Å²) in [5, 5.41) is 2.98. The van der Waals surface area contributed by atoms with Gasteiger partial charge >= 0.3 is 6.18 Å². The fourth-order valence-corrected chi connectivity index (χ4v) is 2.09. The van der Waals surface area contributed by atoms with Gasteiger partial charge in [-0.25, -0.2) is 0 Å². The highest BCUT2D eigenvalue weighted by atomic mass is 19.4. The van der Waals surface area contributed by atoms with E-state index in [-0.39, 0.29) is 18.4 Å². The minimum atomic E-state index is -4.60. The molecular formula is C15H17F3N2O2. The second-order valence-corrected chi connectivity index (χ2v) is 5.09. The lowest BCUT2D eigenvalue weighted by atomic mass is 10.1. The number of benzene rings is 1. The SMILES string of the molecule is CCC(COc1c(C)cccc1C)c1nc(C(F)(F)F)no1. The molecule has 0 N–H and O–H groups in total. The van der Waals surface area contributed by atoms with Crippen LogP contribution in [0.15, 0.2) is 22.7 Å². The second-order valence-electron chi connectivity index (χ2n) is 5.09. The number of aromatic nitrogens is 2. The average Bonchev–Trinajstić information content (AvgIpc) is 2.92. The summed E-state index contributed by atoms with van der Waals surface area (Å²) in [6, 6.07) is 5.75. The predicted octanol–water partition coefficient (Wildman–Crippen LogP) is 4.28. The van der Waals surface area contributed by atoms with Gasteiger partial charge in [0.2, 0.25) is 5.89 Å². The van der Waals surface area contributed by atoms with Crippen molar-refractivity contribution in [1.82, 2.24) is 10.1 Å². The van der Waals surface area contributed by atoms with Crippen molar-refractivity contribution in [2.75, 3.05) is 6.61 Å². The Morgan fingerprint density at radius 2 is 1.86 bits per heavy atom. The van der Waals surface area contributed by atoms with Crippen LogP contribution in [-0.4, -0.2) is 16.7 Å². The molecule has 0 bridgehead atoms. The third kappa shape index (κ3) is 3.58. The third-order valence-corrected chi connectivity index (χ3v) is 3.37. The quantitative estimate of drug-likeness (QED) is 0.826. The van der Waals surface area contributed by atoms with E-state index in [0.29, 0.717) is 6.42 Å². The number of ether oxygens (including phenoxy) is 1. The van der Waals surface area contributed by atoms with E-state index >= 15 is 0 Å². The van der Waals surface area contributed by atoms with Gasteiger partial charge in [-0.3, -0.25) is 0 Å². The molecule has 4 nitrogen and oxygen atoms in total. The van der Waals surface area contributed by atoms with Crippen LogP contribution >= 0.6 is 0 Å². The van der Waals surface area contributed by atoms with Gasteiger partial charge in [-0.05, 0) is 31.4 Å². The summed E-state index contributed by atoms with van der Waals surface area (Å²) in [7, 11) is 0. The largest absolute Gasteiger partial charge is 0.492 e. The first-order chi connectivity index (χ1) is 10.3. The molecule has 0 radical (unpaired) electrons. The Labute approximate surface area is 126 Å². The number of nitrogens with zero attached hydrogens (tertiary/aromatic N) is 2. The van der Waals surface area contributed by atoms with Crippen LogP contribution in [0.1, 0.15) is 42.1 Å². The molecular weight excluding hydrogens is 297 g/mol. The Hall–Kier alpha value is -2.05. The summed E-state index contributed by atoms with van der Waals surface area (Å²) < 4.78 is 48.0. The number of hydrogen-bond acceptors (Lipinski definition) is 4. The number of para-hydroxylation sites is 1. The Morgan fingerprint density at radius 3 is 2.36 bits per heavy atom.